The third kappa shape index (κ3) is 3.11. The van der Waals surface area contributed by atoms with Gasteiger partial charge in [-0.25, -0.2) is 4.98 Å². The van der Waals surface area contributed by atoms with E-state index >= 15 is 0 Å². The Hall–Kier alpha value is -1.70. The summed E-state index contributed by atoms with van der Waals surface area (Å²) in [5, 5.41) is 14.4. The Morgan fingerprint density at radius 1 is 1.15 bits per heavy atom. The summed E-state index contributed by atoms with van der Waals surface area (Å²) in [5.41, 5.74) is 2.06. The zero-order valence-corrected chi connectivity index (χ0v) is 20.2. The molecular weight excluding hydrogens is 456 g/mol. The van der Waals surface area contributed by atoms with Crippen LogP contribution in [0.15, 0.2) is 29.2 Å². The molecule has 0 amide bonds. The number of nitrogens with zero attached hydrogens (tertiary/aromatic N) is 3. The molecule has 2 aromatic rings. The first kappa shape index (κ1) is 20.7. The van der Waals surface area contributed by atoms with Crippen LogP contribution in [0.2, 0.25) is 5.02 Å². The highest BCUT2D eigenvalue weighted by Gasteiger charge is 2.56. The van der Waals surface area contributed by atoms with Crippen molar-refractivity contribution in [2.45, 2.75) is 72.8 Å². The van der Waals surface area contributed by atoms with E-state index in [9.17, 15) is 9.32 Å². The fraction of sp³-hybridized carbons (Fsp3) is 0.600. The zero-order chi connectivity index (χ0) is 22.4. The lowest BCUT2D eigenvalue weighted by molar-refractivity contribution is 0.143. The van der Waals surface area contributed by atoms with Gasteiger partial charge in [-0.1, -0.05) is 23.7 Å². The first-order chi connectivity index (χ1) is 16.0. The van der Waals surface area contributed by atoms with Crippen molar-refractivity contribution < 1.29 is 9.32 Å². The molecule has 4 atom stereocenters. The number of hydrogen-bond acceptors (Lipinski definition) is 6. The van der Waals surface area contributed by atoms with Gasteiger partial charge in [-0.15, -0.1) is 0 Å². The molecule has 3 heterocycles. The Kier molecular flexibility index (Phi) is 4.48. The topological polar surface area (TPSA) is 78.4 Å². The van der Waals surface area contributed by atoms with Gasteiger partial charge < -0.3 is 15.3 Å². The second-order valence-corrected chi connectivity index (χ2v) is 12.8. The smallest absolute Gasteiger partial charge is 0.227 e. The minimum Gasteiger partial charge on any atom is -0.394 e. The van der Waals surface area contributed by atoms with Crippen molar-refractivity contribution in [3.05, 3.63) is 40.5 Å². The summed E-state index contributed by atoms with van der Waals surface area (Å²) in [5.74, 6) is 3.32. The second-order valence-electron chi connectivity index (χ2n) is 10.9. The van der Waals surface area contributed by atoms with Gasteiger partial charge in [0.2, 0.25) is 5.95 Å². The van der Waals surface area contributed by atoms with Crippen LogP contribution in [0.4, 0.5) is 11.8 Å². The van der Waals surface area contributed by atoms with Crippen LogP contribution in [0.5, 0.6) is 0 Å². The van der Waals surface area contributed by atoms with Crippen molar-refractivity contribution in [2.75, 3.05) is 29.1 Å². The molecule has 1 aromatic carbocycles. The number of hydrogen-bond donors (Lipinski definition) is 2. The Bertz CT molecular complexity index is 1140. The number of benzene rings is 1. The Morgan fingerprint density at radius 2 is 1.94 bits per heavy atom. The fourth-order valence-electron chi connectivity index (χ4n) is 6.64. The number of rotatable bonds is 5. The van der Waals surface area contributed by atoms with E-state index < -0.39 is 10.8 Å². The third-order valence-corrected chi connectivity index (χ3v) is 10.8. The van der Waals surface area contributed by atoms with Crippen molar-refractivity contribution in [1.29, 1.82) is 0 Å². The molecule has 5 aliphatic rings. The minimum absolute atomic E-state index is 0.00904. The molecule has 174 valence electrons. The SMILES string of the molecule is O=[S@]1CC2(CC2)c2nc(N3CC4CC3CC4c3ccc(Cl)cc3)nc(NC3(CO)CCC3)c21. The molecule has 3 aliphatic carbocycles. The molecule has 7 rings (SSSR count). The molecule has 1 aromatic heterocycles. The molecule has 2 bridgehead atoms. The van der Waals surface area contributed by atoms with Crippen molar-refractivity contribution in [1.82, 2.24) is 9.97 Å². The predicted molar refractivity (Wildman–Crippen MR) is 130 cm³/mol. The number of aliphatic hydroxyl groups is 1. The number of piperidine rings is 1. The van der Waals surface area contributed by atoms with Crippen LogP contribution in [0, 0.1) is 5.92 Å². The number of halogens is 1. The monoisotopic (exact) mass is 484 g/mol. The van der Waals surface area contributed by atoms with Crippen LogP contribution in [-0.4, -0.2) is 49.8 Å². The van der Waals surface area contributed by atoms with Crippen molar-refractivity contribution >= 4 is 34.2 Å². The number of aromatic nitrogens is 2. The van der Waals surface area contributed by atoms with E-state index in [1.807, 2.05) is 12.1 Å². The van der Waals surface area contributed by atoms with Crippen molar-refractivity contribution in [2.24, 2.45) is 5.92 Å². The van der Waals surface area contributed by atoms with E-state index in [-0.39, 0.29) is 17.6 Å². The maximum absolute atomic E-state index is 13.1. The molecule has 8 heteroatoms. The Labute approximate surface area is 201 Å². The summed E-state index contributed by atoms with van der Waals surface area (Å²) in [6, 6.07) is 8.76. The van der Waals surface area contributed by atoms with Crippen molar-refractivity contribution in [3.63, 3.8) is 0 Å². The molecule has 2 aliphatic heterocycles. The van der Waals surface area contributed by atoms with E-state index in [0.29, 0.717) is 29.4 Å². The van der Waals surface area contributed by atoms with Crippen molar-refractivity contribution in [3.8, 4) is 0 Å². The maximum atomic E-state index is 13.1. The van der Waals surface area contributed by atoms with Crippen LogP contribution in [0.3, 0.4) is 0 Å². The number of nitrogens with one attached hydrogen (secondary N) is 1. The normalized spacial score (nSPS) is 32.1. The molecule has 4 fully saturated rings. The van der Waals surface area contributed by atoms with E-state index in [2.05, 4.69) is 22.3 Å². The standard InChI is InChI=1S/C25H29ClN4O2S/c26-17-4-2-15(3-5-17)19-11-18-10-16(19)12-30(18)23-27-21-20(33(32)14-24(21)8-9-24)22(28-23)29-25(13-31)6-1-7-25/h2-5,16,18-19,31H,1,6-14H2,(H,27,28,29)/t16?,18?,19?,33-/m0/s1. The van der Waals surface area contributed by atoms with Crippen LogP contribution in [0.25, 0.3) is 0 Å². The Balaban J connectivity index is 1.22. The van der Waals surface area contributed by atoms with E-state index in [1.165, 1.54) is 5.56 Å². The van der Waals surface area contributed by atoms with Gasteiger partial charge in [0.05, 0.1) is 28.6 Å². The average Bonchev–Trinajstić information content (AvgIpc) is 3.14. The molecule has 3 saturated carbocycles. The summed E-state index contributed by atoms with van der Waals surface area (Å²) in [6.07, 6.45) is 7.35. The average molecular weight is 485 g/mol. The second kappa shape index (κ2) is 7.15. The van der Waals surface area contributed by atoms with E-state index in [0.717, 1.165) is 73.1 Å². The fourth-order valence-corrected chi connectivity index (χ4v) is 8.63. The van der Waals surface area contributed by atoms with Crippen LogP contribution in [-0.2, 0) is 16.2 Å². The van der Waals surface area contributed by atoms with Gasteiger partial charge in [0.15, 0.2) is 0 Å². The first-order valence-electron chi connectivity index (χ1n) is 12.2. The molecule has 1 spiro atoms. The molecule has 1 saturated heterocycles. The summed E-state index contributed by atoms with van der Waals surface area (Å²) >= 11 is 6.10. The molecule has 3 unspecified atom stereocenters. The predicted octanol–water partition coefficient (Wildman–Crippen LogP) is 3.99. The lowest BCUT2D eigenvalue weighted by Gasteiger charge is -2.42. The molecule has 33 heavy (non-hydrogen) atoms. The van der Waals surface area contributed by atoms with Crippen LogP contribution in [0.1, 0.15) is 62.1 Å². The number of anilines is 2. The van der Waals surface area contributed by atoms with Crippen LogP contribution >= 0.6 is 11.6 Å². The quantitative estimate of drug-likeness (QED) is 0.668. The summed E-state index contributed by atoms with van der Waals surface area (Å²) in [7, 11) is -1.07. The third-order valence-electron chi connectivity index (χ3n) is 8.94. The maximum Gasteiger partial charge on any atom is 0.227 e. The molecule has 2 N–H and O–H groups in total. The highest BCUT2D eigenvalue weighted by atomic mass is 35.5. The largest absolute Gasteiger partial charge is 0.394 e. The lowest BCUT2D eigenvalue weighted by atomic mass is 9.77. The number of aliphatic hydroxyl groups excluding tert-OH is 1. The van der Waals surface area contributed by atoms with Gasteiger partial charge >= 0.3 is 0 Å². The van der Waals surface area contributed by atoms with Gasteiger partial charge in [0.1, 0.15) is 10.7 Å². The Morgan fingerprint density at radius 3 is 2.55 bits per heavy atom. The first-order valence-corrected chi connectivity index (χ1v) is 13.9. The summed E-state index contributed by atoms with van der Waals surface area (Å²) in [4.78, 5) is 13.3. The molecular formula is C25H29ClN4O2S. The molecule has 6 nitrogen and oxygen atoms in total. The van der Waals surface area contributed by atoms with E-state index in [4.69, 9.17) is 21.6 Å². The lowest BCUT2D eigenvalue weighted by Crippen LogP contribution is -2.49. The van der Waals surface area contributed by atoms with Crippen LogP contribution < -0.4 is 10.2 Å². The van der Waals surface area contributed by atoms with Gasteiger partial charge in [-0.05, 0) is 74.5 Å². The van der Waals surface area contributed by atoms with Gasteiger partial charge in [-0.3, -0.25) is 4.21 Å². The summed E-state index contributed by atoms with van der Waals surface area (Å²) < 4.78 is 13.1. The number of fused-ring (bicyclic) bond motifs is 4. The highest BCUT2D eigenvalue weighted by Crippen LogP contribution is 2.57. The zero-order valence-electron chi connectivity index (χ0n) is 18.6. The van der Waals surface area contributed by atoms with Gasteiger partial charge in [0, 0.05) is 28.8 Å². The highest BCUT2D eigenvalue weighted by molar-refractivity contribution is 7.85. The minimum atomic E-state index is -1.07. The van der Waals surface area contributed by atoms with E-state index in [1.54, 1.807) is 0 Å². The van der Waals surface area contributed by atoms with Gasteiger partial charge in [-0.2, -0.15) is 4.98 Å². The molecule has 0 radical (unpaired) electrons. The summed E-state index contributed by atoms with van der Waals surface area (Å²) in [6.45, 7) is 1.04. The van der Waals surface area contributed by atoms with Gasteiger partial charge in [0.25, 0.3) is 0 Å².